The third-order valence-electron chi connectivity index (χ3n) is 3.56. The molecular formula is C11H18ClF3N4O2S. The van der Waals surface area contributed by atoms with Gasteiger partial charge in [-0.05, 0) is 12.8 Å². The first kappa shape index (κ1) is 19.2. The van der Waals surface area contributed by atoms with Gasteiger partial charge in [0.2, 0.25) is 10.0 Å². The maximum absolute atomic E-state index is 12.2. The van der Waals surface area contributed by atoms with Crippen LogP contribution in [0.3, 0.4) is 0 Å². The second kappa shape index (κ2) is 6.73. The lowest BCUT2D eigenvalue weighted by atomic mass is 10.0. The fraction of sp³-hybridized carbons (Fsp3) is 0.727. The fourth-order valence-electron chi connectivity index (χ4n) is 2.50. The topological polar surface area (TPSA) is 90.0 Å². The van der Waals surface area contributed by atoms with Gasteiger partial charge in [-0.25, -0.2) is 13.1 Å². The standard InChI is InChI=1S/C11H17F3N4O2S.ClH/c12-11(13,14)8-18-6-9(5-16-18)21(19,20)17-10(7-15)3-1-2-4-10;/h5-6,17H,1-4,7-8,15H2;1H. The Hall–Kier alpha value is -0.840. The van der Waals surface area contributed by atoms with Crippen LogP contribution in [0.1, 0.15) is 25.7 Å². The van der Waals surface area contributed by atoms with Crippen molar-refractivity contribution in [2.45, 2.75) is 48.8 Å². The average Bonchev–Trinajstić information content (AvgIpc) is 2.97. The number of nitrogens with two attached hydrogens (primary N) is 1. The summed E-state index contributed by atoms with van der Waals surface area (Å²) in [5, 5.41) is 3.44. The van der Waals surface area contributed by atoms with Crippen LogP contribution < -0.4 is 10.5 Å². The minimum atomic E-state index is -4.45. The van der Waals surface area contributed by atoms with Gasteiger partial charge in [0.15, 0.2) is 0 Å². The lowest BCUT2D eigenvalue weighted by Crippen LogP contribution is -2.51. The number of hydrogen-bond acceptors (Lipinski definition) is 4. The first-order chi connectivity index (χ1) is 9.66. The van der Waals surface area contributed by atoms with Gasteiger partial charge in [0.05, 0.1) is 6.20 Å². The molecule has 0 radical (unpaired) electrons. The van der Waals surface area contributed by atoms with Gasteiger partial charge in [-0.1, -0.05) is 12.8 Å². The summed E-state index contributed by atoms with van der Waals surface area (Å²) in [6.45, 7) is -1.17. The number of halogens is 4. The van der Waals surface area contributed by atoms with Crippen LogP contribution in [0, 0.1) is 0 Å². The summed E-state index contributed by atoms with van der Waals surface area (Å²) in [5.41, 5.74) is 4.94. The van der Waals surface area contributed by atoms with Crippen molar-refractivity contribution in [3.8, 4) is 0 Å². The van der Waals surface area contributed by atoms with Crippen molar-refractivity contribution in [2.75, 3.05) is 6.54 Å². The van der Waals surface area contributed by atoms with Crippen LogP contribution in [0.15, 0.2) is 17.3 Å². The zero-order valence-electron chi connectivity index (χ0n) is 11.6. The maximum Gasteiger partial charge on any atom is 0.408 e. The van der Waals surface area contributed by atoms with Crippen LogP contribution >= 0.6 is 12.4 Å². The molecule has 0 saturated heterocycles. The number of nitrogens with one attached hydrogen (secondary N) is 1. The third-order valence-corrected chi connectivity index (χ3v) is 5.10. The first-order valence-corrected chi connectivity index (χ1v) is 7.97. The molecule has 0 aliphatic heterocycles. The smallest absolute Gasteiger partial charge is 0.329 e. The molecule has 3 N–H and O–H groups in total. The van der Waals surface area contributed by atoms with E-state index >= 15 is 0 Å². The monoisotopic (exact) mass is 362 g/mol. The lowest BCUT2D eigenvalue weighted by molar-refractivity contribution is -0.142. The van der Waals surface area contributed by atoms with Gasteiger partial charge in [-0.2, -0.15) is 18.3 Å². The van der Waals surface area contributed by atoms with Gasteiger partial charge in [-0.3, -0.25) is 4.68 Å². The minimum absolute atomic E-state index is 0. The molecule has 11 heteroatoms. The fourth-order valence-corrected chi connectivity index (χ4v) is 3.92. The summed E-state index contributed by atoms with van der Waals surface area (Å²) in [6, 6.07) is 0. The third kappa shape index (κ3) is 4.58. The Morgan fingerprint density at radius 1 is 1.36 bits per heavy atom. The number of hydrogen-bond donors (Lipinski definition) is 2. The van der Waals surface area contributed by atoms with Crippen LogP contribution in [-0.2, 0) is 16.6 Å². The number of aromatic nitrogens is 2. The summed E-state index contributed by atoms with van der Waals surface area (Å²) in [7, 11) is -3.93. The van der Waals surface area contributed by atoms with Crippen LogP contribution in [0.5, 0.6) is 0 Å². The molecule has 0 bridgehead atoms. The van der Waals surface area contributed by atoms with E-state index in [2.05, 4.69) is 9.82 Å². The van der Waals surface area contributed by atoms with E-state index < -0.39 is 28.3 Å². The molecule has 1 aromatic rings. The van der Waals surface area contributed by atoms with E-state index in [1.54, 1.807) is 0 Å². The Balaban J connectivity index is 0.00000242. The molecule has 1 fully saturated rings. The highest BCUT2D eigenvalue weighted by Gasteiger charge is 2.37. The van der Waals surface area contributed by atoms with Crippen LogP contribution in [-0.4, -0.2) is 36.5 Å². The highest BCUT2D eigenvalue weighted by atomic mass is 35.5. The highest BCUT2D eigenvalue weighted by Crippen LogP contribution is 2.30. The van der Waals surface area contributed by atoms with E-state index in [0.29, 0.717) is 17.5 Å². The van der Waals surface area contributed by atoms with E-state index in [0.717, 1.165) is 25.2 Å². The number of alkyl halides is 3. The summed E-state index contributed by atoms with van der Waals surface area (Å²) in [5.74, 6) is 0. The average molecular weight is 363 g/mol. The summed E-state index contributed by atoms with van der Waals surface area (Å²) in [4.78, 5) is -0.286. The second-order valence-corrected chi connectivity index (χ2v) is 6.97. The molecule has 0 spiro atoms. The molecule has 0 aromatic carbocycles. The van der Waals surface area contributed by atoms with Crippen molar-refractivity contribution in [1.29, 1.82) is 0 Å². The van der Waals surface area contributed by atoms with Gasteiger partial charge in [-0.15, -0.1) is 12.4 Å². The predicted octanol–water partition coefficient (Wildman–Crippen LogP) is 1.42. The zero-order chi connectivity index (χ0) is 15.7. The molecule has 1 aromatic heterocycles. The zero-order valence-corrected chi connectivity index (χ0v) is 13.3. The Morgan fingerprint density at radius 3 is 2.45 bits per heavy atom. The lowest BCUT2D eigenvalue weighted by Gasteiger charge is -2.27. The molecule has 2 rings (SSSR count). The normalized spacial score (nSPS) is 18.2. The molecule has 0 atom stereocenters. The summed E-state index contributed by atoms with van der Waals surface area (Å²) >= 11 is 0. The quantitative estimate of drug-likeness (QED) is 0.828. The van der Waals surface area contributed by atoms with Gasteiger partial charge in [0.25, 0.3) is 0 Å². The number of nitrogens with zero attached hydrogens (tertiary/aromatic N) is 2. The van der Waals surface area contributed by atoms with E-state index in [-0.39, 0.29) is 23.8 Å². The van der Waals surface area contributed by atoms with Crippen molar-refractivity contribution < 1.29 is 21.6 Å². The summed E-state index contributed by atoms with van der Waals surface area (Å²) < 4.78 is 64.3. The maximum atomic E-state index is 12.2. The van der Waals surface area contributed by atoms with E-state index in [1.165, 1.54) is 0 Å². The van der Waals surface area contributed by atoms with Crippen LogP contribution in [0.4, 0.5) is 13.2 Å². The number of sulfonamides is 1. The predicted molar refractivity (Wildman–Crippen MR) is 76.1 cm³/mol. The molecule has 6 nitrogen and oxygen atoms in total. The Labute approximate surface area is 132 Å². The van der Waals surface area contributed by atoms with Crippen molar-refractivity contribution in [3.63, 3.8) is 0 Å². The van der Waals surface area contributed by atoms with Crippen molar-refractivity contribution >= 4 is 22.4 Å². The van der Waals surface area contributed by atoms with Crippen LogP contribution in [0.25, 0.3) is 0 Å². The van der Waals surface area contributed by atoms with E-state index in [4.69, 9.17) is 5.73 Å². The molecule has 1 aliphatic rings. The largest absolute Gasteiger partial charge is 0.408 e. The Bertz CT molecular complexity index is 597. The molecule has 128 valence electrons. The molecular weight excluding hydrogens is 345 g/mol. The van der Waals surface area contributed by atoms with Crippen molar-refractivity contribution in [2.24, 2.45) is 5.73 Å². The molecule has 0 unspecified atom stereocenters. The SMILES string of the molecule is Cl.NCC1(NS(=O)(=O)c2cnn(CC(F)(F)F)c2)CCCC1. The molecule has 1 saturated carbocycles. The summed E-state index contributed by atoms with van der Waals surface area (Å²) in [6.07, 6.45) is 0.311. The molecule has 22 heavy (non-hydrogen) atoms. The molecule has 1 heterocycles. The molecule has 0 amide bonds. The van der Waals surface area contributed by atoms with Crippen LogP contribution in [0.2, 0.25) is 0 Å². The van der Waals surface area contributed by atoms with E-state index in [1.807, 2.05) is 0 Å². The van der Waals surface area contributed by atoms with Crippen molar-refractivity contribution in [1.82, 2.24) is 14.5 Å². The van der Waals surface area contributed by atoms with Crippen molar-refractivity contribution in [3.05, 3.63) is 12.4 Å². The minimum Gasteiger partial charge on any atom is -0.329 e. The van der Waals surface area contributed by atoms with Gasteiger partial charge in [0, 0.05) is 18.3 Å². The van der Waals surface area contributed by atoms with E-state index in [9.17, 15) is 21.6 Å². The van der Waals surface area contributed by atoms with Gasteiger partial charge >= 0.3 is 6.18 Å². The Kier molecular flexibility index (Phi) is 5.88. The van der Waals surface area contributed by atoms with Gasteiger partial charge in [0.1, 0.15) is 11.4 Å². The highest BCUT2D eigenvalue weighted by molar-refractivity contribution is 7.89. The first-order valence-electron chi connectivity index (χ1n) is 6.49. The van der Waals surface area contributed by atoms with Gasteiger partial charge < -0.3 is 5.73 Å². The molecule has 1 aliphatic carbocycles. The Morgan fingerprint density at radius 2 is 1.95 bits per heavy atom. The number of rotatable bonds is 5. The second-order valence-electron chi connectivity index (χ2n) is 5.29.